The Bertz CT molecular complexity index is 914. The third-order valence-corrected chi connectivity index (χ3v) is 5.56. The highest BCUT2D eigenvalue weighted by Crippen LogP contribution is 2.27. The molecule has 1 amide bonds. The van der Waals surface area contributed by atoms with Crippen molar-refractivity contribution in [2.75, 3.05) is 19.6 Å². The molecule has 1 aromatic heterocycles. The molecule has 0 spiro atoms. The van der Waals surface area contributed by atoms with E-state index in [4.69, 9.17) is 4.42 Å². The third-order valence-electron chi connectivity index (χ3n) is 5.56. The number of rotatable bonds is 8. The molecule has 3 rings (SSSR count). The van der Waals surface area contributed by atoms with Gasteiger partial charge >= 0.3 is 0 Å². The Balaban J connectivity index is 0.00000363. The summed E-state index contributed by atoms with van der Waals surface area (Å²) < 4.78 is 5.54. The summed E-state index contributed by atoms with van der Waals surface area (Å²) >= 11 is 0. The lowest BCUT2D eigenvalue weighted by molar-refractivity contribution is -0.131. The molecule has 1 aliphatic heterocycles. The van der Waals surface area contributed by atoms with Crippen LogP contribution in [0.4, 0.5) is 0 Å². The van der Waals surface area contributed by atoms with Gasteiger partial charge in [-0.1, -0.05) is 24.3 Å². The van der Waals surface area contributed by atoms with Gasteiger partial charge in [-0.15, -0.1) is 24.0 Å². The molecule has 0 saturated carbocycles. The number of aliphatic hydroxyl groups is 1. The van der Waals surface area contributed by atoms with Gasteiger partial charge in [0.05, 0.1) is 6.54 Å². The first-order chi connectivity index (χ1) is 14.8. The maximum atomic E-state index is 12.5. The number of carbonyl (C=O) groups excluding carboxylic acids is 1. The average molecular weight is 554 g/mol. The number of hydrogen-bond donors (Lipinski definition) is 3. The van der Waals surface area contributed by atoms with Crippen LogP contribution in [-0.4, -0.2) is 41.5 Å². The molecule has 8 heteroatoms. The molecular weight excluding hydrogens is 519 g/mol. The second kappa shape index (κ2) is 11.7. The van der Waals surface area contributed by atoms with Gasteiger partial charge in [0, 0.05) is 38.2 Å². The van der Waals surface area contributed by atoms with E-state index in [0.717, 1.165) is 11.3 Å². The summed E-state index contributed by atoms with van der Waals surface area (Å²) in [6, 6.07) is 10.1. The molecule has 7 nitrogen and oxygen atoms in total. The van der Waals surface area contributed by atoms with Crippen molar-refractivity contribution in [3.05, 3.63) is 58.5 Å². The van der Waals surface area contributed by atoms with Gasteiger partial charge in [0.25, 0.3) is 0 Å². The Hall–Kier alpha value is -2.07. The number of carbonyl (C=O) groups is 1. The van der Waals surface area contributed by atoms with Crippen LogP contribution in [0.2, 0.25) is 0 Å². The number of benzene rings is 1. The van der Waals surface area contributed by atoms with E-state index >= 15 is 0 Å². The van der Waals surface area contributed by atoms with Gasteiger partial charge in [0.1, 0.15) is 17.1 Å². The summed E-state index contributed by atoms with van der Waals surface area (Å²) in [7, 11) is 0. The molecule has 0 saturated heterocycles. The van der Waals surface area contributed by atoms with E-state index in [1.165, 1.54) is 11.1 Å². The Morgan fingerprint density at radius 2 is 1.88 bits per heavy atom. The maximum absolute atomic E-state index is 12.5. The molecule has 1 unspecified atom stereocenters. The van der Waals surface area contributed by atoms with Crippen molar-refractivity contribution in [1.82, 2.24) is 15.5 Å². The summed E-state index contributed by atoms with van der Waals surface area (Å²) in [4.78, 5) is 19.0. The number of halogens is 1. The van der Waals surface area contributed by atoms with Crippen LogP contribution in [0.5, 0.6) is 0 Å². The number of amides is 1. The van der Waals surface area contributed by atoms with E-state index in [9.17, 15) is 9.90 Å². The van der Waals surface area contributed by atoms with E-state index in [2.05, 4.69) is 27.8 Å². The predicted octanol–water partition coefficient (Wildman–Crippen LogP) is 3.60. The summed E-state index contributed by atoms with van der Waals surface area (Å²) in [5, 5.41) is 17.3. The molecule has 0 radical (unpaired) electrons. The Morgan fingerprint density at radius 1 is 1.22 bits per heavy atom. The largest absolute Gasteiger partial charge is 0.466 e. The van der Waals surface area contributed by atoms with Crippen molar-refractivity contribution in [2.24, 2.45) is 4.99 Å². The summed E-state index contributed by atoms with van der Waals surface area (Å²) in [6.07, 6.45) is 1.21. The van der Waals surface area contributed by atoms with Crippen molar-refractivity contribution < 1.29 is 14.3 Å². The second-order valence-electron chi connectivity index (χ2n) is 8.34. The van der Waals surface area contributed by atoms with Gasteiger partial charge in [0.15, 0.2) is 5.96 Å². The fourth-order valence-corrected chi connectivity index (χ4v) is 3.94. The molecule has 2 aromatic rings. The van der Waals surface area contributed by atoms with Gasteiger partial charge in [-0.3, -0.25) is 4.79 Å². The monoisotopic (exact) mass is 554 g/mol. The Morgan fingerprint density at radius 3 is 2.44 bits per heavy atom. The second-order valence-corrected chi connectivity index (χ2v) is 8.34. The topological polar surface area (TPSA) is 90.1 Å². The number of hydrogen-bond acceptors (Lipinski definition) is 4. The molecule has 0 fully saturated rings. The van der Waals surface area contributed by atoms with Crippen LogP contribution in [0, 0.1) is 13.8 Å². The van der Waals surface area contributed by atoms with Gasteiger partial charge in [-0.05, 0) is 51.3 Å². The Kier molecular flexibility index (Phi) is 9.57. The van der Waals surface area contributed by atoms with Crippen LogP contribution in [0.3, 0.4) is 0 Å². The molecule has 176 valence electrons. The minimum absolute atomic E-state index is 0. The van der Waals surface area contributed by atoms with E-state index in [1.54, 1.807) is 6.92 Å². The van der Waals surface area contributed by atoms with Crippen molar-refractivity contribution >= 4 is 35.8 Å². The van der Waals surface area contributed by atoms with Crippen molar-refractivity contribution in [3.63, 3.8) is 0 Å². The van der Waals surface area contributed by atoms with Gasteiger partial charge in [-0.25, -0.2) is 4.99 Å². The van der Waals surface area contributed by atoms with Crippen molar-refractivity contribution in [2.45, 2.75) is 59.2 Å². The molecule has 3 N–H and O–H groups in total. The SMILES string of the molecule is CCNC(=NCC(C)(O)c1cc(C)oc1C)NCCCC(=O)N1Cc2ccccc2C1.I. The summed E-state index contributed by atoms with van der Waals surface area (Å²) in [6.45, 7) is 10.4. The van der Waals surface area contributed by atoms with E-state index < -0.39 is 5.60 Å². The van der Waals surface area contributed by atoms with Crippen LogP contribution < -0.4 is 10.6 Å². The van der Waals surface area contributed by atoms with E-state index in [0.29, 0.717) is 50.7 Å². The fraction of sp³-hybridized carbons (Fsp3) is 0.500. The molecule has 0 aliphatic carbocycles. The molecule has 32 heavy (non-hydrogen) atoms. The molecule has 1 aromatic carbocycles. The molecular formula is C24H35IN4O3. The van der Waals surface area contributed by atoms with Gasteiger partial charge in [-0.2, -0.15) is 0 Å². The highest BCUT2D eigenvalue weighted by Gasteiger charge is 2.27. The van der Waals surface area contributed by atoms with Crippen molar-refractivity contribution in [3.8, 4) is 0 Å². The summed E-state index contributed by atoms with van der Waals surface area (Å²) in [5.41, 5.74) is 2.11. The fourth-order valence-electron chi connectivity index (χ4n) is 3.94. The molecule has 1 atom stereocenters. The average Bonchev–Trinajstić information content (AvgIpc) is 3.32. The lowest BCUT2D eigenvalue weighted by atomic mass is 9.96. The number of nitrogens with zero attached hydrogens (tertiary/aromatic N) is 2. The van der Waals surface area contributed by atoms with Crippen LogP contribution in [0.15, 0.2) is 39.7 Å². The highest BCUT2D eigenvalue weighted by molar-refractivity contribution is 14.0. The normalized spacial score (nSPS) is 15.0. The van der Waals surface area contributed by atoms with Crippen LogP contribution in [0.25, 0.3) is 0 Å². The number of fused-ring (bicyclic) bond motifs is 1. The minimum atomic E-state index is -1.12. The number of furan rings is 1. The zero-order valence-corrected chi connectivity index (χ0v) is 21.7. The minimum Gasteiger partial charge on any atom is -0.466 e. The third kappa shape index (κ3) is 6.71. The van der Waals surface area contributed by atoms with Crippen LogP contribution in [0.1, 0.15) is 54.9 Å². The quantitative estimate of drug-likeness (QED) is 0.201. The number of guanidine groups is 1. The van der Waals surface area contributed by atoms with Crippen LogP contribution in [-0.2, 0) is 23.5 Å². The first-order valence-electron chi connectivity index (χ1n) is 11.0. The predicted molar refractivity (Wildman–Crippen MR) is 137 cm³/mol. The van der Waals surface area contributed by atoms with E-state index in [-0.39, 0.29) is 36.4 Å². The molecule has 1 aliphatic rings. The number of aliphatic imine (C=N–C) groups is 1. The first kappa shape index (κ1) is 26.2. The highest BCUT2D eigenvalue weighted by atomic mass is 127. The first-order valence-corrected chi connectivity index (χ1v) is 11.0. The number of nitrogens with one attached hydrogen (secondary N) is 2. The molecule has 0 bridgehead atoms. The lowest BCUT2D eigenvalue weighted by Crippen LogP contribution is -2.39. The maximum Gasteiger partial charge on any atom is 0.223 e. The standard InChI is InChI=1S/C24H34N4O3.HI/c1-5-25-23(27-16-24(4,30)21-13-17(2)31-18(21)3)26-12-8-11-22(29)28-14-19-9-6-7-10-20(19)15-28;/h6-7,9-10,13,30H,5,8,11-12,14-16H2,1-4H3,(H2,25,26,27);1H. The zero-order valence-electron chi connectivity index (χ0n) is 19.4. The smallest absolute Gasteiger partial charge is 0.223 e. The lowest BCUT2D eigenvalue weighted by Gasteiger charge is -2.21. The summed E-state index contributed by atoms with van der Waals surface area (Å²) in [5.74, 6) is 2.28. The van der Waals surface area contributed by atoms with Gasteiger partial charge in [0.2, 0.25) is 5.91 Å². The zero-order chi connectivity index (χ0) is 22.4. The molecule has 2 heterocycles. The van der Waals surface area contributed by atoms with E-state index in [1.807, 2.05) is 43.9 Å². The van der Waals surface area contributed by atoms with Crippen LogP contribution >= 0.6 is 24.0 Å². The number of aryl methyl sites for hydroxylation is 2. The van der Waals surface area contributed by atoms with Gasteiger partial charge < -0.3 is 25.1 Å². The Labute approximate surface area is 207 Å². The van der Waals surface area contributed by atoms with Crippen molar-refractivity contribution in [1.29, 1.82) is 0 Å².